The number of hydrogen-bond acceptors (Lipinski definition) is 4. The standard InChI is InChI=1S/C20H15IO4/c21-16-6-2-5-14(7-16)20(23)24-11-15-10-19(22)25-18-9-13-4-1-3-12(13)8-17(15)18/h2,5-10H,1,3-4,11H2. The van der Waals surface area contributed by atoms with Crippen LogP contribution in [0.15, 0.2) is 51.7 Å². The Hall–Kier alpha value is -2.15. The fourth-order valence-electron chi connectivity index (χ4n) is 3.26. The zero-order chi connectivity index (χ0) is 17.4. The van der Waals surface area contributed by atoms with E-state index in [4.69, 9.17) is 9.15 Å². The van der Waals surface area contributed by atoms with Crippen molar-refractivity contribution in [3.63, 3.8) is 0 Å². The van der Waals surface area contributed by atoms with Gasteiger partial charge in [-0.1, -0.05) is 6.07 Å². The molecule has 5 heteroatoms. The molecule has 0 N–H and O–H groups in total. The molecular formula is C20H15IO4. The van der Waals surface area contributed by atoms with E-state index >= 15 is 0 Å². The van der Waals surface area contributed by atoms with Gasteiger partial charge in [0.05, 0.1) is 5.56 Å². The van der Waals surface area contributed by atoms with Crippen molar-refractivity contribution in [2.24, 2.45) is 0 Å². The summed E-state index contributed by atoms with van der Waals surface area (Å²) in [5.74, 6) is -0.402. The molecule has 4 nitrogen and oxygen atoms in total. The van der Waals surface area contributed by atoms with Gasteiger partial charge in [-0.2, -0.15) is 0 Å². The monoisotopic (exact) mass is 446 g/mol. The summed E-state index contributed by atoms with van der Waals surface area (Å²) in [6.07, 6.45) is 3.17. The Labute approximate surface area is 157 Å². The lowest BCUT2D eigenvalue weighted by atomic mass is 10.0. The van der Waals surface area contributed by atoms with Crippen LogP contribution in [0.3, 0.4) is 0 Å². The Morgan fingerprint density at radius 1 is 1.12 bits per heavy atom. The van der Waals surface area contributed by atoms with E-state index in [9.17, 15) is 9.59 Å². The third-order valence-electron chi connectivity index (χ3n) is 4.46. The maximum atomic E-state index is 12.3. The largest absolute Gasteiger partial charge is 0.457 e. The molecule has 0 saturated heterocycles. The zero-order valence-electron chi connectivity index (χ0n) is 13.4. The maximum Gasteiger partial charge on any atom is 0.338 e. The number of ether oxygens (including phenoxy) is 1. The molecule has 0 saturated carbocycles. The number of hydrogen-bond donors (Lipinski definition) is 0. The molecule has 1 heterocycles. The summed E-state index contributed by atoms with van der Waals surface area (Å²) < 4.78 is 11.7. The lowest BCUT2D eigenvalue weighted by Crippen LogP contribution is -2.08. The summed E-state index contributed by atoms with van der Waals surface area (Å²) in [5, 5.41) is 0.843. The topological polar surface area (TPSA) is 56.5 Å². The van der Waals surface area contributed by atoms with Gasteiger partial charge in [0.25, 0.3) is 0 Å². The molecule has 1 aliphatic carbocycles. The Balaban J connectivity index is 1.65. The van der Waals surface area contributed by atoms with Gasteiger partial charge < -0.3 is 9.15 Å². The van der Waals surface area contributed by atoms with Crippen LogP contribution in [0.25, 0.3) is 11.0 Å². The van der Waals surface area contributed by atoms with E-state index in [1.165, 1.54) is 17.2 Å². The molecule has 0 amide bonds. The lowest BCUT2D eigenvalue weighted by Gasteiger charge is -2.09. The predicted molar refractivity (Wildman–Crippen MR) is 103 cm³/mol. The van der Waals surface area contributed by atoms with Gasteiger partial charge in [0.2, 0.25) is 0 Å². The molecule has 0 bridgehead atoms. The lowest BCUT2D eigenvalue weighted by molar-refractivity contribution is 0.0473. The highest BCUT2D eigenvalue weighted by atomic mass is 127. The number of esters is 1. The molecule has 2 aromatic carbocycles. The van der Waals surface area contributed by atoms with Crippen LogP contribution in [0.4, 0.5) is 0 Å². The third-order valence-corrected chi connectivity index (χ3v) is 5.13. The number of aryl methyl sites for hydroxylation is 2. The molecule has 1 aliphatic rings. The smallest absolute Gasteiger partial charge is 0.338 e. The molecule has 1 aromatic heterocycles. The molecule has 25 heavy (non-hydrogen) atoms. The van der Waals surface area contributed by atoms with Crippen molar-refractivity contribution in [2.45, 2.75) is 25.9 Å². The van der Waals surface area contributed by atoms with Crippen molar-refractivity contribution in [2.75, 3.05) is 0 Å². The van der Waals surface area contributed by atoms with Crippen LogP contribution < -0.4 is 5.63 Å². The van der Waals surface area contributed by atoms with Crippen molar-refractivity contribution in [3.05, 3.63) is 78.7 Å². The van der Waals surface area contributed by atoms with E-state index < -0.39 is 11.6 Å². The number of fused-ring (bicyclic) bond motifs is 2. The number of halogens is 1. The van der Waals surface area contributed by atoms with E-state index in [0.29, 0.717) is 16.7 Å². The van der Waals surface area contributed by atoms with Gasteiger partial charge in [0.15, 0.2) is 0 Å². The van der Waals surface area contributed by atoms with E-state index in [1.54, 1.807) is 12.1 Å². The highest BCUT2D eigenvalue weighted by Gasteiger charge is 2.16. The van der Waals surface area contributed by atoms with Crippen molar-refractivity contribution < 1.29 is 13.9 Å². The van der Waals surface area contributed by atoms with Crippen LogP contribution in [-0.2, 0) is 24.2 Å². The van der Waals surface area contributed by atoms with Gasteiger partial charge >= 0.3 is 11.6 Å². The van der Waals surface area contributed by atoms with Crippen LogP contribution in [0.1, 0.15) is 33.5 Å². The minimum atomic E-state index is -0.425. The number of carbonyl (C=O) groups is 1. The van der Waals surface area contributed by atoms with Crippen LogP contribution >= 0.6 is 22.6 Å². The Kier molecular flexibility index (Phi) is 4.33. The first-order chi connectivity index (χ1) is 12.1. The molecule has 0 fully saturated rings. The maximum absolute atomic E-state index is 12.3. The summed E-state index contributed by atoms with van der Waals surface area (Å²) >= 11 is 2.15. The number of benzene rings is 2. The van der Waals surface area contributed by atoms with Gasteiger partial charge in [0, 0.05) is 20.6 Å². The minimum absolute atomic E-state index is 0.0468. The second-order valence-corrected chi connectivity index (χ2v) is 7.39. The average Bonchev–Trinajstić information content (AvgIpc) is 3.04. The van der Waals surface area contributed by atoms with Gasteiger partial charge in [-0.25, -0.2) is 9.59 Å². The molecule has 3 aromatic rings. The SMILES string of the molecule is O=C(OCc1cc(=O)oc2cc3c(cc12)CCC3)c1cccc(I)c1. The first-order valence-corrected chi connectivity index (χ1v) is 9.19. The summed E-state index contributed by atoms with van der Waals surface area (Å²) in [7, 11) is 0. The Morgan fingerprint density at radius 2 is 1.92 bits per heavy atom. The van der Waals surface area contributed by atoms with Crippen molar-refractivity contribution >= 4 is 39.5 Å². The van der Waals surface area contributed by atoms with E-state index in [2.05, 4.69) is 28.7 Å². The van der Waals surface area contributed by atoms with Crippen LogP contribution in [0.5, 0.6) is 0 Å². The first kappa shape index (κ1) is 16.3. The summed E-state index contributed by atoms with van der Waals surface area (Å²) in [5.41, 5.74) is 3.84. The molecule has 0 aliphatic heterocycles. The average molecular weight is 446 g/mol. The van der Waals surface area contributed by atoms with Crippen LogP contribution in [0.2, 0.25) is 0 Å². The molecular weight excluding hydrogens is 431 g/mol. The van der Waals surface area contributed by atoms with Gasteiger partial charge in [-0.15, -0.1) is 0 Å². The third kappa shape index (κ3) is 3.33. The van der Waals surface area contributed by atoms with Gasteiger partial charge in [0.1, 0.15) is 12.2 Å². The number of carbonyl (C=O) groups excluding carboxylic acids is 1. The fraction of sp³-hybridized carbons (Fsp3) is 0.200. The molecule has 0 radical (unpaired) electrons. The Bertz CT molecular complexity index is 1040. The quantitative estimate of drug-likeness (QED) is 0.343. The highest BCUT2D eigenvalue weighted by molar-refractivity contribution is 14.1. The predicted octanol–water partition coefficient (Wildman–Crippen LogP) is 4.24. The fourth-order valence-corrected chi connectivity index (χ4v) is 3.80. The summed E-state index contributed by atoms with van der Waals surface area (Å²) in [6, 6.07) is 12.6. The first-order valence-electron chi connectivity index (χ1n) is 8.11. The van der Waals surface area contributed by atoms with E-state index in [0.717, 1.165) is 28.2 Å². The van der Waals surface area contributed by atoms with Gasteiger partial charge in [-0.3, -0.25) is 0 Å². The highest BCUT2D eigenvalue weighted by Crippen LogP contribution is 2.28. The van der Waals surface area contributed by atoms with Crippen molar-refractivity contribution in [1.29, 1.82) is 0 Å². The minimum Gasteiger partial charge on any atom is -0.457 e. The van der Waals surface area contributed by atoms with Crippen LogP contribution in [0, 0.1) is 3.57 Å². The van der Waals surface area contributed by atoms with Gasteiger partial charge in [-0.05, 0) is 83.3 Å². The summed E-state index contributed by atoms with van der Waals surface area (Å²) in [6.45, 7) is 0.0468. The summed E-state index contributed by atoms with van der Waals surface area (Å²) in [4.78, 5) is 24.1. The van der Waals surface area contributed by atoms with Crippen molar-refractivity contribution in [3.8, 4) is 0 Å². The molecule has 126 valence electrons. The van der Waals surface area contributed by atoms with Crippen molar-refractivity contribution in [1.82, 2.24) is 0 Å². The van der Waals surface area contributed by atoms with Crippen LogP contribution in [-0.4, -0.2) is 5.97 Å². The molecule has 0 spiro atoms. The normalized spacial score (nSPS) is 13.0. The second-order valence-electron chi connectivity index (χ2n) is 6.15. The molecule has 0 unspecified atom stereocenters. The zero-order valence-corrected chi connectivity index (χ0v) is 15.5. The number of rotatable bonds is 3. The van der Waals surface area contributed by atoms with E-state index in [-0.39, 0.29) is 6.61 Å². The molecule has 0 atom stereocenters. The second kappa shape index (κ2) is 6.63. The van der Waals surface area contributed by atoms with E-state index in [1.807, 2.05) is 18.2 Å². The molecule has 4 rings (SSSR count). The Morgan fingerprint density at radius 3 is 2.72 bits per heavy atom.